The van der Waals surface area contributed by atoms with Gasteiger partial charge >= 0.3 is 0 Å². The number of hydrogen-bond acceptors (Lipinski definition) is 5. The summed E-state index contributed by atoms with van der Waals surface area (Å²) in [4.78, 5) is 14.2. The van der Waals surface area contributed by atoms with Gasteiger partial charge in [-0.2, -0.15) is 0 Å². The van der Waals surface area contributed by atoms with Gasteiger partial charge in [-0.1, -0.05) is 28.9 Å². The Labute approximate surface area is 186 Å². The molecule has 1 N–H and O–H groups in total. The molecule has 1 saturated heterocycles. The number of rotatable bonds is 4. The van der Waals surface area contributed by atoms with Crippen LogP contribution in [0.5, 0.6) is 5.75 Å². The van der Waals surface area contributed by atoms with Crippen molar-refractivity contribution in [1.82, 2.24) is 14.8 Å². The molecule has 2 aromatic carbocycles. The van der Waals surface area contributed by atoms with Crippen molar-refractivity contribution in [2.45, 2.75) is 12.6 Å². The van der Waals surface area contributed by atoms with E-state index in [4.69, 9.17) is 21.2 Å². The second-order valence-electron chi connectivity index (χ2n) is 8.65. The van der Waals surface area contributed by atoms with Crippen LogP contribution in [-0.2, 0) is 11.4 Å². The van der Waals surface area contributed by atoms with Crippen molar-refractivity contribution in [3.05, 3.63) is 64.8 Å². The number of aromatic nitrogens is 1. The molecule has 31 heavy (non-hydrogen) atoms. The van der Waals surface area contributed by atoms with E-state index in [1.807, 2.05) is 18.3 Å². The van der Waals surface area contributed by atoms with Crippen molar-refractivity contribution in [3.8, 4) is 5.75 Å². The van der Waals surface area contributed by atoms with Gasteiger partial charge in [0.1, 0.15) is 18.1 Å². The van der Waals surface area contributed by atoms with E-state index in [0.29, 0.717) is 6.61 Å². The van der Waals surface area contributed by atoms with Gasteiger partial charge in [-0.25, -0.2) is 0 Å². The fourth-order valence-electron chi connectivity index (χ4n) is 4.85. The molecular formula is C24H25ClN4O2. The van der Waals surface area contributed by atoms with Crippen LogP contribution in [-0.4, -0.2) is 65.9 Å². The number of fused-ring (bicyclic) bond motifs is 4. The average Bonchev–Trinajstić information content (AvgIpc) is 3.42. The monoisotopic (exact) mass is 436 g/mol. The number of ether oxygens (including phenoxy) is 1. The molecule has 0 aliphatic carbocycles. The first-order valence-electron chi connectivity index (χ1n) is 10.9. The van der Waals surface area contributed by atoms with Crippen molar-refractivity contribution >= 4 is 28.2 Å². The second kappa shape index (κ2) is 7.86. The molecule has 0 saturated carbocycles. The van der Waals surface area contributed by atoms with E-state index in [1.54, 1.807) is 0 Å². The number of H-pyrrole nitrogens is 1. The fourth-order valence-corrected chi connectivity index (χ4v) is 4.98. The Morgan fingerprint density at radius 1 is 1.03 bits per heavy atom. The van der Waals surface area contributed by atoms with Crippen molar-refractivity contribution in [2.24, 2.45) is 11.1 Å². The molecule has 1 fully saturated rings. The maximum absolute atomic E-state index is 6.11. The molecule has 3 aliphatic heterocycles. The molecule has 0 bridgehead atoms. The summed E-state index contributed by atoms with van der Waals surface area (Å²) < 4.78 is 6.11. The highest BCUT2D eigenvalue weighted by Gasteiger charge is 2.41. The van der Waals surface area contributed by atoms with Gasteiger partial charge in [0, 0.05) is 73.0 Å². The van der Waals surface area contributed by atoms with Gasteiger partial charge in [0.2, 0.25) is 0 Å². The van der Waals surface area contributed by atoms with Crippen LogP contribution in [0, 0.1) is 5.92 Å². The molecule has 4 heterocycles. The predicted molar refractivity (Wildman–Crippen MR) is 122 cm³/mol. The third-order valence-corrected chi connectivity index (χ3v) is 6.91. The second-order valence-corrected chi connectivity index (χ2v) is 9.09. The number of nitrogens with zero attached hydrogens (tertiary/aromatic N) is 3. The average molecular weight is 437 g/mol. The molecule has 6 rings (SSSR count). The van der Waals surface area contributed by atoms with Crippen LogP contribution in [0.1, 0.15) is 11.1 Å². The number of hydrogen-bond donors (Lipinski definition) is 1. The van der Waals surface area contributed by atoms with Crippen molar-refractivity contribution < 1.29 is 9.57 Å². The molecule has 2 atom stereocenters. The Kier molecular flexibility index (Phi) is 4.86. The quantitative estimate of drug-likeness (QED) is 0.676. The Morgan fingerprint density at radius 2 is 1.84 bits per heavy atom. The number of aromatic amines is 1. The zero-order chi connectivity index (χ0) is 20.8. The Bertz CT molecular complexity index is 1120. The van der Waals surface area contributed by atoms with Gasteiger partial charge < -0.3 is 14.6 Å². The standard InChI is InChI=1S/C24H25ClN4O2/c25-18-3-1-16(2-4-18)13-28-7-9-29(10-8-28)14-23-20-15-30-22-12-21-17(5-6-26-21)11-19(22)24(20)27-31-23/h1-6,11-12,20,23,26H,7-10,13-15H2. The first-order chi connectivity index (χ1) is 15.2. The molecule has 1 aromatic heterocycles. The van der Waals surface area contributed by atoms with Crippen LogP contribution in [0.15, 0.2) is 53.8 Å². The summed E-state index contributed by atoms with van der Waals surface area (Å²) in [5, 5.41) is 6.46. The van der Waals surface area contributed by atoms with Gasteiger partial charge in [0.15, 0.2) is 6.10 Å². The van der Waals surface area contributed by atoms with Crippen molar-refractivity contribution in [1.29, 1.82) is 0 Å². The minimum atomic E-state index is 0.0490. The highest BCUT2D eigenvalue weighted by molar-refractivity contribution is 6.30. The highest BCUT2D eigenvalue weighted by Crippen LogP contribution is 2.36. The summed E-state index contributed by atoms with van der Waals surface area (Å²) in [6.07, 6.45) is 2.00. The van der Waals surface area contributed by atoms with Gasteiger partial charge in [-0.15, -0.1) is 0 Å². The molecule has 6 nitrogen and oxygen atoms in total. The van der Waals surface area contributed by atoms with Crippen molar-refractivity contribution in [2.75, 3.05) is 39.3 Å². The summed E-state index contributed by atoms with van der Waals surface area (Å²) >= 11 is 6.00. The molecule has 0 radical (unpaired) electrons. The molecular weight excluding hydrogens is 412 g/mol. The molecule has 160 valence electrons. The summed E-state index contributed by atoms with van der Waals surface area (Å²) in [5.74, 6) is 1.08. The molecule has 3 aliphatic rings. The lowest BCUT2D eigenvalue weighted by Crippen LogP contribution is -2.50. The number of piperazine rings is 1. The van der Waals surface area contributed by atoms with Gasteiger partial charge in [0.05, 0.1) is 5.92 Å². The minimum Gasteiger partial charge on any atom is -0.492 e. The van der Waals surface area contributed by atoms with E-state index in [9.17, 15) is 0 Å². The van der Waals surface area contributed by atoms with E-state index in [-0.39, 0.29) is 12.0 Å². The smallest absolute Gasteiger partial charge is 0.151 e. The van der Waals surface area contributed by atoms with Crippen LogP contribution in [0.4, 0.5) is 0 Å². The lowest BCUT2D eigenvalue weighted by atomic mass is 9.89. The van der Waals surface area contributed by atoms with Gasteiger partial charge in [-0.3, -0.25) is 9.80 Å². The lowest BCUT2D eigenvalue weighted by molar-refractivity contribution is 0.00851. The fraction of sp³-hybridized carbons (Fsp3) is 0.375. The maximum atomic E-state index is 6.11. The summed E-state index contributed by atoms with van der Waals surface area (Å²) in [5.41, 5.74) is 4.50. The lowest BCUT2D eigenvalue weighted by Gasteiger charge is -2.36. The maximum Gasteiger partial charge on any atom is 0.151 e. The summed E-state index contributed by atoms with van der Waals surface area (Å²) in [7, 11) is 0. The topological polar surface area (TPSA) is 53.1 Å². The first-order valence-corrected chi connectivity index (χ1v) is 11.3. The van der Waals surface area contributed by atoms with E-state index in [1.165, 1.54) is 10.9 Å². The Hall–Kier alpha value is -2.54. The Balaban J connectivity index is 1.07. The minimum absolute atomic E-state index is 0.0490. The summed E-state index contributed by atoms with van der Waals surface area (Å²) in [6.45, 7) is 6.67. The molecule has 3 aromatic rings. The number of halogens is 1. The van der Waals surface area contributed by atoms with Crippen LogP contribution < -0.4 is 4.74 Å². The molecule has 2 unspecified atom stereocenters. The molecule has 7 heteroatoms. The normalized spacial score (nSPS) is 23.7. The van der Waals surface area contributed by atoms with Crippen LogP contribution in [0.25, 0.3) is 10.9 Å². The molecule has 0 amide bonds. The van der Waals surface area contributed by atoms with Crippen LogP contribution in [0.3, 0.4) is 0 Å². The number of oxime groups is 1. The molecule has 0 spiro atoms. The third-order valence-electron chi connectivity index (χ3n) is 6.66. The third kappa shape index (κ3) is 3.69. The largest absolute Gasteiger partial charge is 0.492 e. The van der Waals surface area contributed by atoms with E-state index >= 15 is 0 Å². The van der Waals surface area contributed by atoms with Crippen molar-refractivity contribution in [3.63, 3.8) is 0 Å². The Morgan fingerprint density at radius 3 is 2.68 bits per heavy atom. The van der Waals surface area contributed by atoms with Gasteiger partial charge in [0.25, 0.3) is 0 Å². The SMILES string of the molecule is Clc1ccc(CN2CCN(CC3ON=C4c5cc6cc[nH]c6cc5OCC43)CC2)cc1. The van der Waals surface area contributed by atoms with E-state index in [2.05, 4.69) is 50.3 Å². The zero-order valence-electron chi connectivity index (χ0n) is 17.3. The van der Waals surface area contributed by atoms with E-state index in [0.717, 1.165) is 66.8 Å². The first kappa shape index (κ1) is 19.2. The zero-order valence-corrected chi connectivity index (χ0v) is 18.0. The number of nitrogens with one attached hydrogen (secondary N) is 1. The van der Waals surface area contributed by atoms with E-state index < -0.39 is 0 Å². The highest BCUT2D eigenvalue weighted by atomic mass is 35.5. The predicted octanol–water partition coefficient (Wildman–Crippen LogP) is 3.75. The number of benzene rings is 2. The van der Waals surface area contributed by atoms with Crippen LogP contribution in [0.2, 0.25) is 5.02 Å². The van der Waals surface area contributed by atoms with Gasteiger partial charge in [-0.05, 0) is 29.8 Å². The van der Waals surface area contributed by atoms with Crippen LogP contribution >= 0.6 is 11.6 Å². The summed E-state index contributed by atoms with van der Waals surface area (Å²) in [6, 6.07) is 14.5.